The van der Waals surface area contributed by atoms with Gasteiger partial charge in [0.25, 0.3) is 0 Å². The molecule has 68 heavy (non-hydrogen) atoms. The molecular weight excluding hydrogens is 910 g/mol. The van der Waals surface area contributed by atoms with Gasteiger partial charge >= 0.3 is 0 Å². The predicted octanol–water partition coefficient (Wildman–Crippen LogP) is 8.77. The first-order valence-corrected chi connectivity index (χ1v) is 24.9. The van der Waals surface area contributed by atoms with E-state index in [1.807, 2.05) is 23.2 Å². The van der Waals surface area contributed by atoms with E-state index in [2.05, 4.69) is 41.9 Å². The van der Waals surface area contributed by atoms with E-state index in [0.29, 0.717) is 69.9 Å². The summed E-state index contributed by atoms with van der Waals surface area (Å²) in [6.45, 7) is 10.7. The van der Waals surface area contributed by atoms with Gasteiger partial charge in [-0.2, -0.15) is 10.2 Å². The van der Waals surface area contributed by atoms with E-state index in [-0.39, 0.29) is 11.6 Å². The summed E-state index contributed by atoms with van der Waals surface area (Å²) in [7, 11) is 0. The normalized spacial score (nSPS) is 26.4. The van der Waals surface area contributed by atoms with Crippen molar-refractivity contribution in [2.24, 2.45) is 35.5 Å². The zero-order valence-electron chi connectivity index (χ0n) is 38.4. The smallest absolute Gasteiger partial charge is 0.161 e. The number of benzene rings is 2. The molecule has 8 atom stereocenters. The third-order valence-corrected chi connectivity index (χ3v) is 15.5. The van der Waals surface area contributed by atoms with Crippen LogP contribution in [0.3, 0.4) is 0 Å². The van der Waals surface area contributed by atoms with E-state index in [1.165, 1.54) is 49.9 Å². The molecule has 2 aromatic carbocycles. The minimum absolute atomic E-state index is 0.358. The zero-order valence-corrected chi connectivity index (χ0v) is 39.9. The Kier molecular flexibility index (Phi) is 12.9. The summed E-state index contributed by atoms with van der Waals surface area (Å²) in [4.78, 5) is 32.2. The summed E-state index contributed by atoms with van der Waals surface area (Å²) < 4.78 is 44.2. The largest absolute Gasteiger partial charge is 0.365 e. The molecule has 4 aromatic heterocycles. The molecular formula is C50H56Cl2F2N12O2. The Balaban J connectivity index is 0.000000149. The van der Waals surface area contributed by atoms with Crippen molar-refractivity contribution < 1.29 is 18.3 Å². The van der Waals surface area contributed by atoms with Crippen molar-refractivity contribution in [1.82, 2.24) is 49.5 Å². The summed E-state index contributed by atoms with van der Waals surface area (Å²) in [5, 5.41) is 10.5. The molecule has 14 nitrogen and oxygen atoms in total. The van der Waals surface area contributed by atoms with Crippen LogP contribution in [-0.2, 0) is 35.4 Å². The minimum Gasteiger partial charge on any atom is -0.365 e. The zero-order chi connectivity index (χ0) is 46.5. The number of ether oxygens (including phenoxy) is 2. The van der Waals surface area contributed by atoms with Crippen LogP contribution in [0.1, 0.15) is 96.5 Å². The van der Waals surface area contributed by atoms with E-state index in [1.54, 1.807) is 24.8 Å². The average molecular weight is 966 g/mol. The SMILES string of the molecule is Cc1cc(N2C[C@H]3CC[C@@H](C2)C3Cc2nc3n(n2)CCCO[C@@H]3c2cc(F)cc(Cl)c2)ncn1.Cc1cc(N2C[C@H]3CC[C@@H](C2)C3Cc2nc3n(n2)CCCO[C@H]3c2cc(F)cc(Cl)c2)ncn1. The van der Waals surface area contributed by atoms with E-state index in [4.69, 9.17) is 52.8 Å². The molecule has 356 valence electrons. The maximum atomic E-state index is 14.0. The maximum Gasteiger partial charge on any atom is 0.161 e. The van der Waals surface area contributed by atoms with Gasteiger partial charge in [0.1, 0.15) is 48.1 Å². The molecule has 4 bridgehead atoms. The Labute approximate surface area is 404 Å². The van der Waals surface area contributed by atoms with Crippen LogP contribution in [-0.4, -0.2) is 88.9 Å². The lowest BCUT2D eigenvalue weighted by molar-refractivity contribution is 0.0808. The second-order valence-electron chi connectivity index (χ2n) is 19.6. The number of hydrogen-bond donors (Lipinski definition) is 0. The fraction of sp³-hybridized carbons (Fsp3) is 0.520. The molecule has 2 saturated carbocycles. The summed E-state index contributed by atoms with van der Waals surface area (Å²) >= 11 is 12.2. The quantitative estimate of drug-likeness (QED) is 0.144. The fourth-order valence-corrected chi connectivity index (χ4v) is 12.4. The lowest BCUT2D eigenvalue weighted by atomic mass is 9.82. The second-order valence-corrected chi connectivity index (χ2v) is 20.5. The van der Waals surface area contributed by atoms with Crippen LogP contribution < -0.4 is 9.80 Å². The molecule has 2 unspecified atom stereocenters. The molecule has 6 aliphatic rings. The van der Waals surface area contributed by atoms with Crippen molar-refractivity contribution in [3.05, 3.63) is 129 Å². The first kappa shape index (κ1) is 45.3. The number of hydrogen-bond acceptors (Lipinski definition) is 12. The van der Waals surface area contributed by atoms with Gasteiger partial charge in [0.15, 0.2) is 23.3 Å². The Morgan fingerprint density at radius 1 is 0.559 bits per heavy atom. The van der Waals surface area contributed by atoms with Gasteiger partial charge in [-0.15, -0.1) is 0 Å². The number of aryl methyl sites for hydroxylation is 4. The third-order valence-electron chi connectivity index (χ3n) is 15.1. The van der Waals surface area contributed by atoms with Crippen molar-refractivity contribution in [2.45, 2.75) is 90.5 Å². The molecule has 4 aliphatic heterocycles. The van der Waals surface area contributed by atoms with Gasteiger partial charge < -0.3 is 19.3 Å². The summed E-state index contributed by atoms with van der Waals surface area (Å²) in [5.41, 5.74) is 3.36. The molecule has 2 aliphatic carbocycles. The van der Waals surface area contributed by atoms with Crippen molar-refractivity contribution in [3.8, 4) is 0 Å². The first-order valence-electron chi connectivity index (χ1n) is 24.2. The monoisotopic (exact) mass is 964 g/mol. The molecule has 6 aromatic rings. The highest BCUT2D eigenvalue weighted by Crippen LogP contribution is 2.46. The van der Waals surface area contributed by atoms with Gasteiger partial charge in [0.05, 0.1) is 0 Å². The van der Waals surface area contributed by atoms with Crippen molar-refractivity contribution in [2.75, 3.05) is 49.2 Å². The molecule has 4 fully saturated rings. The third kappa shape index (κ3) is 9.58. The van der Waals surface area contributed by atoms with Gasteiger partial charge in [-0.05, 0) is 135 Å². The van der Waals surface area contributed by atoms with E-state index >= 15 is 0 Å². The van der Waals surface area contributed by atoms with Gasteiger partial charge in [-0.25, -0.2) is 48.0 Å². The first-order chi connectivity index (χ1) is 33.1. The number of rotatable bonds is 8. The molecule has 0 N–H and O–H groups in total. The van der Waals surface area contributed by atoms with Crippen molar-refractivity contribution in [3.63, 3.8) is 0 Å². The Hall–Kier alpha value is -5.16. The van der Waals surface area contributed by atoms with Crippen LogP contribution >= 0.6 is 23.2 Å². The predicted molar refractivity (Wildman–Crippen MR) is 252 cm³/mol. The molecule has 8 heterocycles. The molecule has 0 amide bonds. The molecule has 0 radical (unpaired) electrons. The topological polar surface area (TPSA) is 138 Å². The van der Waals surface area contributed by atoms with Crippen molar-refractivity contribution >= 4 is 34.8 Å². The number of nitrogens with zero attached hydrogens (tertiary/aromatic N) is 12. The number of piperidine rings is 2. The van der Waals surface area contributed by atoms with Gasteiger partial charge in [-0.1, -0.05) is 23.2 Å². The Bertz CT molecular complexity index is 2520. The van der Waals surface area contributed by atoms with Crippen molar-refractivity contribution in [1.29, 1.82) is 0 Å². The lowest BCUT2D eigenvalue weighted by Gasteiger charge is -2.38. The van der Waals surface area contributed by atoms with Crippen LogP contribution in [0.15, 0.2) is 61.2 Å². The Morgan fingerprint density at radius 3 is 1.35 bits per heavy atom. The van der Waals surface area contributed by atoms with Gasteiger partial charge in [0, 0.05) is 98.9 Å². The minimum atomic E-state index is -0.462. The number of halogens is 4. The highest BCUT2D eigenvalue weighted by molar-refractivity contribution is 6.30. The number of aromatic nitrogens is 10. The second kappa shape index (κ2) is 19.3. The standard InChI is InChI=1S/2C25H28ClFN6O/c2*1-15-7-23(29-14-28-15)32-12-16-3-4-17(13-32)21(16)11-22-30-25-24(34-6-2-5-33(25)31-22)18-8-19(26)10-20(27)9-18/h2*7-10,14,16-17,21,24H,2-6,11-13H2,1H3/t2*16-,17+,21?,24-/m10/s1. The summed E-state index contributed by atoms with van der Waals surface area (Å²) in [6, 6.07) is 13.2. The molecule has 0 spiro atoms. The Morgan fingerprint density at radius 2 is 0.971 bits per heavy atom. The average Bonchev–Trinajstić information content (AvgIpc) is 3.91. The van der Waals surface area contributed by atoms with E-state index in [0.717, 1.165) is 111 Å². The van der Waals surface area contributed by atoms with E-state index in [9.17, 15) is 8.78 Å². The summed E-state index contributed by atoms with van der Waals surface area (Å²) in [6.07, 6.45) is 10.7. The van der Waals surface area contributed by atoms with Crippen LogP contribution in [0, 0.1) is 61.0 Å². The molecule has 18 heteroatoms. The van der Waals surface area contributed by atoms with E-state index < -0.39 is 12.2 Å². The van der Waals surface area contributed by atoms with Crippen LogP contribution in [0.2, 0.25) is 10.0 Å². The lowest BCUT2D eigenvalue weighted by Crippen LogP contribution is -2.43. The number of anilines is 2. The molecule has 2 saturated heterocycles. The van der Waals surface area contributed by atoms with Crippen LogP contribution in [0.5, 0.6) is 0 Å². The molecule has 12 rings (SSSR count). The fourth-order valence-electron chi connectivity index (χ4n) is 12.0. The van der Waals surface area contributed by atoms with Gasteiger partial charge in [0.2, 0.25) is 0 Å². The van der Waals surface area contributed by atoms with Crippen LogP contribution in [0.25, 0.3) is 0 Å². The van der Waals surface area contributed by atoms with Crippen LogP contribution in [0.4, 0.5) is 20.4 Å². The number of fused-ring (bicyclic) bond motifs is 6. The highest BCUT2D eigenvalue weighted by atomic mass is 35.5. The van der Waals surface area contributed by atoms with Gasteiger partial charge in [-0.3, -0.25) is 0 Å². The maximum absolute atomic E-state index is 14.0. The highest BCUT2D eigenvalue weighted by Gasteiger charge is 2.44. The summed E-state index contributed by atoms with van der Waals surface area (Å²) in [5.74, 6) is 8.08.